The van der Waals surface area contributed by atoms with Gasteiger partial charge in [-0.25, -0.2) is 4.68 Å². The highest BCUT2D eigenvalue weighted by Gasteiger charge is 2.40. The molecule has 0 aliphatic heterocycles. The van der Waals surface area contributed by atoms with Crippen LogP contribution < -0.4 is 0 Å². The van der Waals surface area contributed by atoms with E-state index in [1.807, 2.05) is 30.5 Å². The molecule has 1 fully saturated rings. The van der Waals surface area contributed by atoms with Gasteiger partial charge in [0.1, 0.15) is 0 Å². The zero-order chi connectivity index (χ0) is 18.4. The van der Waals surface area contributed by atoms with Crippen molar-refractivity contribution in [3.63, 3.8) is 0 Å². The van der Waals surface area contributed by atoms with Crippen LogP contribution in [-0.2, 0) is 6.42 Å². The molecule has 136 valence electrons. The van der Waals surface area contributed by atoms with Crippen molar-refractivity contribution >= 4 is 17.5 Å². The SMILES string of the molecule is O=C(c1cnn(-c2ccc(Cl)cc2)c1)N(C1CC1)C1CCc2ccccc21. The van der Waals surface area contributed by atoms with E-state index in [1.54, 1.807) is 10.9 Å². The third kappa shape index (κ3) is 3.04. The van der Waals surface area contributed by atoms with Gasteiger partial charge < -0.3 is 4.90 Å². The van der Waals surface area contributed by atoms with Gasteiger partial charge in [0.2, 0.25) is 0 Å². The van der Waals surface area contributed by atoms with Crippen LogP contribution in [0.1, 0.15) is 46.8 Å². The van der Waals surface area contributed by atoms with Crippen molar-refractivity contribution in [1.29, 1.82) is 0 Å². The third-order valence-electron chi connectivity index (χ3n) is 5.53. The summed E-state index contributed by atoms with van der Waals surface area (Å²) in [4.78, 5) is 15.5. The number of aryl methyl sites for hydroxylation is 1. The fourth-order valence-electron chi connectivity index (χ4n) is 4.06. The average molecular weight is 378 g/mol. The molecule has 1 saturated carbocycles. The molecule has 5 rings (SSSR count). The fourth-order valence-corrected chi connectivity index (χ4v) is 4.18. The van der Waals surface area contributed by atoms with Crippen molar-refractivity contribution in [2.24, 2.45) is 0 Å². The summed E-state index contributed by atoms with van der Waals surface area (Å²) in [5.41, 5.74) is 4.21. The Morgan fingerprint density at radius 3 is 2.63 bits per heavy atom. The van der Waals surface area contributed by atoms with Crippen LogP contribution in [0.25, 0.3) is 5.69 Å². The summed E-state index contributed by atoms with van der Waals surface area (Å²) < 4.78 is 1.73. The van der Waals surface area contributed by atoms with E-state index in [0.717, 1.165) is 31.4 Å². The van der Waals surface area contributed by atoms with Crippen LogP contribution in [-0.4, -0.2) is 26.6 Å². The summed E-state index contributed by atoms with van der Waals surface area (Å²) in [6, 6.07) is 16.5. The third-order valence-corrected chi connectivity index (χ3v) is 5.78. The Bertz CT molecular complexity index is 991. The van der Waals surface area contributed by atoms with Gasteiger partial charge in [-0.1, -0.05) is 35.9 Å². The Morgan fingerprint density at radius 2 is 1.85 bits per heavy atom. The second kappa shape index (κ2) is 6.54. The van der Waals surface area contributed by atoms with Crippen molar-refractivity contribution in [2.45, 2.75) is 37.8 Å². The summed E-state index contributed by atoms with van der Waals surface area (Å²) in [5, 5.41) is 5.08. The molecular weight excluding hydrogens is 358 g/mol. The van der Waals surface area contributed by atoms with Crippen molar-refractivity contribution < 1.29 is 4.79 Å². The molecule has 27 heavy (non-hydrogen) atoms. The van der Waals surface area contributed by atoms with Crippen LogP contribution >= 0.6 is 11.6 Å². The molecule has 0 spiro atoms. The molecule has 4 nitrogen and oxygen atoms in total. The van der Waals surface area contributed by atoms with Crippen LogP contribution in [0.4, 0.5) is 0 Å². The summed E-state index contributed by atoms with van der Waals surface area (Å²) in [6.45, 7) is 0. The standard InChI is InChI=1S/C22H20ClN3O/c23-17-6-8-18(9-7-17)25-14-16(13-24-25)22(27)26(19-10-11-19)21-12-5-15-3-1-2-4-20(15)21/h1-4,6-9,13-14,19,21H,5,10-12H2. The largest absolute Gasteiger partial charge is 0.329 e. The summed E-state index contributed by atoms with van der Waals surface area (Å²) in [6.07, 6.45) is 7.73. The second-order valence-corrected chi connectivity index (χ2v) is 7.78. The number of halogens is 1. The summed E-state index contributed by atoms with van der Waals surface area (Å²) in [7, 11) is 0. The highest BCUT2D eigenvalue weighted by atomic mass is 35.5. The van der Waals surface area contributed by atoms with Gasteiger partial charge in [0.25, 0.3) is 5.91 Å². The van der Waals surface area contributed by atoms with Gasteiger partial charge in [-0.15, -0.1) is 0 Å². The number of aromatic nitrogens is 2. The first-order valence-electron chi connectivity index (χ1n) is 9.42. The lowest BCUT2D eigenvalue weighted by Gasteiger charge is -2.29. The van der Waals surface area contributed by atoms with Gasteiger partial charge in [-0.3, -0.25) is 4.79 Å². The first kappa shape index (κ1) is 16.6. The Hall–Kier alpha value is -2.59. The van der Waals surface area contributed by atoms with Gasteiger partial charge >= 0.3 is 0 Å². The molecule has 2 aliphatic rings. The Morgan fingerprint density at radius 1 is 1.07 bits per heavy atom. The molecule has 1 heterocycles. The zero-order valence-electron chi connectivity index (χ0n) is 14.9. The highest BCUT2D eigenvalue weighted by Crippen LogP contribution is 2.42. The number of nitrogens with zero attached hydrogens (tertiary/aromatic N) is 3. The molecule has 3 aromatic rings. The summed E-state index contributed by atoms with van der Waals surface area (Å²) in [5.74, 6) is 0.0828. The number of hydrogen-bond donors (Lipinski definition) is 0. The van der Waals surface area contributed by atoms with Gasteiger partial charge in [-0.2, -0.15) is 5.10 Å². The minimum Gasteiger partial charge on any atom is -0.329 e. The smallest absolute Gasteiger partial charge is 0.257 e. The average Bonchev–Trinajstić information content (AvgIpc) is 3.24. The molecule has 0 saturated heterocycles. The van der Waals surface area contributed by atoms with Gasteiger partial charge in [0, 0.05) is 17.3 Å². The van der Waals surface area contributed by atoms with E-state index in [0.29, 0.717) is 16.6 Å². The zero-order valence-corrected chi connectivity index (χ0v) is 15.6. The maximum atomic E-state index is 13.4. The number of rotatable bonds is 4. The summed E-state index contributed by atoms with van der Waals surface area (Å²) >= 11 is 5.96. The van der Waals surface area contributed by atoms with Gasteiger partial charge in [-0.05, 0) is 61.1 Å². The molecule has 2 aliphatic carbocycles. The molecule has 0 N–H and O–H groups in total. The lowest BCUT2D eigenvalue weighted by molar-refractivity contribution is 0.0658. The minimum atomic E-state index is 0.0828. The second-order valence-electron chi connectivity index (χ2n) is 7.35. The Balaban J connectivity index is 1.45. The van der Waals surface area contributed by atoms with Crippen LogP contribution in [0.5, 0.6) is 0 Å². The maximum Gasteiger partial charge on any atom is 0.257 e. The van der Waals surface area contributed by atoms with Gasteiger partial charge in [0.05, 0.1) is 23.5 Å². The van der Waals surface area contributed by atoms with E-state index in [4.69, 9.17) is 11.6 Å². The van der Waals surface area contributed by atoms with Crippen molar-refractivity contribution in [1.82, 2.24) is 14.7 Å². The molecule has 1 amide bonds. The number of hydrogen-bond acceptors (Lipinski definition) is 2. The predicted molar refractivity (Wildman–Crippen MR) is 105 cm³/mol. The molecule has 1 aromatic heterocycles. The Labute approximate surface area is 163 Å². The lowest BCUT2D eigenvalue weighted by Crippen LogP contribution is -2.35. The quantitative estimate of drug-likeness (QED) is 0.653. The maximum absolute atomic E-state index is 13.4. The molecule has 1 atom stereocenters. The van der Waals surface area contributed by atoms with Gasteiger partial charge in [0.15, 0.2) is 0 Å². The van der Waals surface area contributed by atoms with Crippen LogP contribution in [0.2, 0.25) is 5.02 Å². The first-order chi connectivity index (χ1) is 13.2. The minimum absolute atomic E-state index is 0.0828. The lowest BCUT2D eigenvalue weighted by atomic mass is 10.1. The van der Waals surface area contributed by atoms with Crippen LogP contribution in [0.15, 0.2) is 60.9 Å². The Kier molecular flexibility index (Phi) is 4.01. The topological polar surface area (TPSA) is 38.1 Å². The highest BCUT2D eigenvalue weighted by molar-refractivity contribution is 6.30. The van der Waals surface area contributed by atoms with E-state index in [9.17, 15) is 4.79 Å². The van der Waals surface area contributed by atoms with E-state index in [-0.39, 0.29) is 11.9 Å². The predicted octanol–water partition coefficient (Wildman–Crippen LogP) is 4.82. The number of fused-ring (bicyclic) bond motifs is 1. The van der Waals surface area contributed by atoms with Crippen LogP contribution in [0, 0.1) is 0 Å². The molecule has 1 unspecified atom stereocenters. The normalized spacial score (nSPS) is 18.3. The van der Waals surface area contributed by atoms with E-state index in [2.05, 4.69) is 34.3 Å². The molecule has 2 aromatic carbocycles. The van der Waals surface area contributed by atoms with E-state index < -0.39 is 0 Å². The molecule has 0 bridgehead atoms. The van der Waals surface area contributed by atoms with Crippen molar-refractivity contribution in [2.75, 3.05) is 0 Å². The van der Waals surface area contributed by atoms with Crippen molar-refractivity contribution in [3.05, 3.63) is 82.6 Å². The number of carbonyl (C=O) groups excluding carboxylic acids is 1. The molecular formula is C22H20ClN3O. The first-order valence-corrected chi connectivity index (χ1v) is 9.79. The van der Waals surface area contributed by atoms with E-state index in [1.165, 1.54) is 11.1 Å². The number of carbonyl (C=O) groups is 1. The van der Waals surface area contributed by atoms with Crippen LogP contribution in [0.3, 0.4) is 0 Å². The number of benzene rings is 2. The fraction of sp³-hybridized carbons (Fsp3) is 0.273. The molecule has 5 heteroatoms. The van der Waals surface area contributed by atoms with E-state index >= 15 is 0 Å². The number of amides is 1. The van der Waals surface area contributed by atoms with Crippen molar-refractivity contribution in [3.8, 4) is 5.69 Å². The molecule has 0 radical (unpaired) electrons. The monoisotopic (exact) mass is 377 g/mol.